The van der Waals surface area contributed by atoms with Crippen molar-refractivity contribution in [1.82, 2.24) is 5.43 Å². The summed E-state index contributed by atoms with van der Waals surface area (Å²) in [5.41, 5.74) is 3.38. The van der Waals surface area contributed by atoms with E-state index in [4.69, 9.17) is 17.4 Å². The highest BCUT2D eigenvalue weighted by atomic mass is 79.9. The maximum Gasteiger partial charge on any atom is 0.164 e. The molecule has 0 heterocycles. The van der Waals surface area contributed by atoms with E-state index in [1.165, 1.54) is 19.1 Å². The molecule has 0 aliphatic rings. The molecule has 0 amide bonds. The smallest absolute Gasteiger partial charge is 0.164 e. The number of nitrogens with two attached hydrogens (primary N) is 1. The molecule has 6 heteroatoms. The van der Waals surface area contributed by atoms with Gasteiger partial charge in [0, 0.05) is 15.1 Å². The summed E-state index contributed by atoms with van der Waals surface area (Å²) in [7, 11) is 0. The molecule has 0 bridgehead atoms. The van der Waals surface area contributed by atoms with Crippen LogP contribution in [0.5, 0.6) is 0 Å². The van der Waals surface area contributed by atoms with Gasteiger partial charge in [-0.2, -0.15) is 0 Å². The first-order chi connectivity index (χ1) is 9.45. The molecule has 20 heavy (non-hydrogen) atoms. The molecule has 0 radical (unpaired) electrons. The Morgan fingerprint density at radius 3 is 2.50 bits per heavy atom. The molecule has 0 aliphatic carbocycles. The average molecular weight is 362 g/mol. The highest BCUT2D eigenvalue weighted by Crippen LogP contribution is 2.32. The first kappa shape index (κ1) is 15.4. The number of hydrogen-bond donors (Lipinski definition) is 2. The third kappa shape index (κ3) is 2.86. The maximum absolute atomic E-state index is 14.1. The van der Waals surface area contributed by atoms with Gasteiger partial charge < -0.3 is 0 Å². The molecule has 2 aromatic carbocycles. The molecule has 2 nitrogen and oxygen atoms in total. The van der Waals surface area contributed by atoms with Crippen LogP contribution in [-0.4, -0.2) is 0 Å². The van der Waals surface area contributed by atoms with Crippen LogP contribution in [0.25, 0.3) is 0 Å². The minimum Gasteiger partial charge on any atom is -0.271 e. The fraction of sp³-hybridized carbons (Fsp3) is 0.143. The summed E-state index contributed by atoms with van der Waals surface area (Å²) in [5.74, 6) is 3.69. The van der Waals surface area contributed by atoms with Crippen LogP contribution in [0.15, 0.2) is 34.8 Å². The molecule has 3 N–H and O–H groups in total. The van der Waals surface area contributed by atoms with Gasteiger partial charge in [-0.3, -0.25) is 5.84 Å². The second-order valence-corrected chi connectivity index (χ2v) is 5.69. The van der Waals surface area contributed by atoms with Gasteiger partial charge >= 0.3 is 0 Å². The van der Waals surface area contributed by atoms with Crippen molar-refractivity contribution in [3.63, 3.8) is 0 Å². The third-order valence-electron chi connectivity index (χ3n) is 3.05. The second-order valence-electron chi connectivity index (χ2n) is 4.37. The third-order valence-corrected chi connectivity index (χ3v) is 3.89. The van der Waals surface area contributed by atoms with Gasteiger partial charge in [0.2, 0.25) is 0 Å². The van der Waals surface area contributed by atoms with Crippen molar-refractivity contribution in [1.29, 1.82) is 0 Å². The predicted octanol–water partition coefficient (Wildman–Crippen LogP) is 4.24. The predicted molar refractivity (Wildman–Crippen MR) is 79.4 cm³/mol. The van der Waals surface area contributed by atoms with Crippen LogP contribution in [-0.2, 0) is 0 Å². The number of benzene rings is 2. The van der Waals surface area contributed by atoms with Gasteiger partial charge in [-0.15, -0.1) is 0 Å². The second kappa shape index (κ2) is 6.18. The van der Waals surface area contributed by atoms with Crippen LogP contribution in [0, 0.1) is 18.6 Å². The highest BCUT2D eigenvalue weighted by molar-refractivity contribution is 9.10. The maximum atomic E-state index is 14.1. The Hall–Kier alpha value is -1.01. The molecule has 1 unspecified atom stereocenters. The molecule has 0 aliphatic heterocycles. The largest absolute Gasteiger partial charge is 0.271 e. The van der Waals surface area contributed by atoms with Crippen LogP contribution < -0.4 is 11.3 Å². The average Bonchev–Trinajstić information content (AvgIpc) is 2.43. The molecular formula is C14H12BrClF2N2. The Morgan fingerprint density at radius 1 is 1.15 bits per heavy atom. The summed E-state index contributed by atoms with van der Waals surface area (Å²) in [6.45, 7) is 1.50. The van der Waals surface area contributed by atoms with Crippen molar-refractivity contribution in [3.8, 4) is 0 Å². The van der Waals surface area contributed by atoms with Crippen molar-refractivity contribution in [2.75, 3.05) is 0 Å². The molecule has 0 spiro atoms. The Kier molecular flexibility index (Phi) is 4.75. The zero-order valence-corrected chi connectivity index (χ0v) is 12.9. The van der Waals surface area contributed by atoms with Crippen molar-refractivity contribution in [3.05, 3.63) is 68.2 Å². The molecule has 0 saturated heterocycles. The lowest BCUT2D eigenvalue weighted by molar-refractivity contribution is 0.478. The number of aryl methyl sites for hydroxylation is 1. The normalized spacial score (nSPS) is 12.5. The van der Waals surface area contributed by atoms with E-state index in [1.807, 2.05) is 0 Å². The fourth-order valence-corrected chi connectivity index (χ4v) is 2.57. The standard InChI is InChI=1S/C14H12BrClF2N2/c1-7-2-4-9(13(18)12(7)17)14(20-19)10-6-8(15)3-5-11(10)16/h2-6,14,20H,19H2,1H3. The lowest BCUT2D eigenvalue weighted by Crippen LogP contribution is -2.30. The van der Waals surface area contributed by atoms with Gasteiger partial charge in [-0.05, 0) is 36.2 Å². The van der Waals surface area contributed by atoms with Crippen molar-refractivity contribution < 1.29 is 8.78 Å². The van der Waals surface area contributed by atoms with Gasteiger partial charge in [0.25, 0.3) is 0 Å². The fourth-order valence-electron chi connectivity index (χ4n) is 1.97. The van der Waals surface area contributed by atoms with E-state index in [0.717, 1.165) is 4.47 Å². The van der Waals surface area contributed by atoms with Crippen LogP contribution in [0.3, 0.4) is 0 Å². The van der Waals surface area contributed by atoms with Gasteiger partial charge in [-0.1, -0.05) is 39.7 Å². The molecule has 1 atom stereocenters. The summed E-state index contributed by atoms with van der Waals surface area (Å²) in [6.07, 6.45) is 0. The van der Waals surface area contributed by atoms with E-state index in [9.17, 15) is 8.78 Å². The first-order valence-corrected chi connectivity index (χ1v) is 6.98. The quantitative estimate of drug-likeness (QED) is 0.634. The lowest BCUT2D eigenvalue weighted by Gasteiger charge is -2.20. The van der Waals surface area contributed by atoms with E-state index in [1.54, 1.807) is 18.2 Å². The first-order valence-electron chi connectivity index (χ1n) is 5.81. The number of hydrazine groups is 1. The molecule has 106 valence electrons. The van der Waals surface area contributed by atoms with E-state index in [0.29, 0.717) is 10.6 Å². The summed E-state index contributed by atoms with van der Waals surface area (Å²) in [4.78, 5) is 0. The monoisotopic (exact) mass is 360 g/mol. The topological polar surface area (TPSA) is 38.0 Å². The number of halogens is 4. The van der Waals surface area contributed by atoms with Crippen molar-refractivity contribution in [2.45, 2.75) is 13.0 Å². The van der Waals surface area contributed by atoms with E-state index in [2.05, 4.69) is 21.4 Å². The van der Waals surface area contributed by atoms with Crippen LogP contribution >= 0.6 is 27.5 Å². The van der Waals surface area contributed by atoms with Gasteiger partial charge in [0.05, 0.1) is 6.04 Å². The van der Waals surface area contributed by atoms with Crippen molar-refractivity contribution in [2.24, 2.45) is 5.84 Å². The lowest BCUT2D eigenvalue weighted by atomic mass is 9.97. The molecule has 0 saturated carbocycles. The molecule has 0 fully saturated rings. The summed E-state index contributed by atoms with van der Waals surface area (Å²) in [5, 5.41) is 0.413. The SMILES string of the molecule is Cc1ccc(C(NN)c2cc(Br)ccc2Cl)c(F)c1F. The summed E-state index contributed by atoms with van der Waals surface area (Å²) < 4.78 is 28.6. The molecule has 0 aromatic heterocycles. The molecule has 2 rings (SSSR count). The summed E-state index contributed by atoms with van der Waals surface area (Å²) >= 11 is 9.43. The van der Waals surface area contributed by atoms with Gasteiger partial charge in [0.15, 0.2) is 11.6 Å². The zero-order chi connectivity index (χ0) is 14.9. The van der Waals surface area contributed by atoms with Crippen LogP contribution in [0.2, 0.25) is 5.02 Å². The van der Waals surface area contributed by atoms with E-state index >= 15 is 0 Å². The Balaban J connectivity index is 2.58. The van der Waals surface area contributed by atoms with Gasteiger partial charge in [-0.25, -0.2) is 14.2 Å². The Morgan fingerprint density at radius 2 is 1.85 bits per heavy atom. The van der Waals surface area contributed by atoms with Gasteiger partial charge in [0.1, 0.15) is 0 Å². The Bertz CT molecular complexity index is 649. The Labute approximate surface area is 129 Å². The number of hydrogen-bond acceptors (Lipinski definition) is 2. The summed E-state index contributed by atoms with van der Waals surface area (Å²) in [6, 6.07) is 7.39. The minimum absolute atomic E-state index is 0.107. The molecule has 2 aromatic rings. The van der Waals surface area contributed by atoms with E-state index in [-0.39, 0.29) is 11.1 Å². The van der Waals surface area contributed by atoms with Crippen molar-refractivity contribution >= 4 is 27.5 Å². The number of nitrogens with one attached hydrogen (secondary N) is 1. The van der Waals surface area contributed by atoms with Crippen LogP contribution in [0.1, 0.15) is 22.7 Å². The van der Waals surface area contributed by atoms with Crippen LogP contribution in [0.4, 0.5) is 8.78 Å². The minimum atomic E-state index is -0.927. The number of rotatable bonds is 3. The molecular weight excluding hydrogens is 350 g/mol. The van der Waals surface area contributed by atoms with E-state index < -0.39 is 17.7 Å². The zero-order valence-electron chi connectivity index (χ0n) is 10.6. The highest BCUT2D eigenvalue weighted by Gasteiger charge is 2.22.